The van der Waals surface area contributed by atoms with Crippen molar-refractivity contribution in [1.82, 2.24) is 4.98 Å². The van der Waals surface area contributed by atoms with Crippen molar-refractivity contribution in [2.45, 2.75) is 20.0 Å². The summed E-state index contributed by atoms with van der Waals surface area (Å²) in [7, 11) is 0. The molecule has 0 aliphatic carbocycles. The van der Waals surface area contributed by atoms with Crippen molar-refractivity contribution in [2.24, 2.45) is 0 Å². The molecule has 0 spiro atoms. The maximum absolute atomic E-state index is 9.54. The average Bonchev–Trinajstić information content (AvgIpc) is 2.33. The van der Waals surface area contributed by atoms with Crippen LogP contribution in [0.2, 0.25) is 0 Å². The van der Waals surface area contributed by atoms with Crippen molar-refractivity contribution in [3.63, 3.8) is 0 Å². The van der Waals surface area contributed by atoms with Gasteiger partial charge >= 0.3 is 0 Å². The molecule has 1 aromatic heterocycles. The second kappa shape index (κ2) is 3.15. The third kappa shape index (κ3) is 1.67. The number of hydrogen-bond acceptors (Lipinski definition) is 3. The fraction of sp³-hybridized carbons (Fsp3) is 0.375. The van der Waals surface area contributed by atoms with Gasteiger partial charge in [0.15, 0.2) is 0 Å². The molecule has 0 aliphatic rings. The molecule has 0 amide bonds. The minimum absolute atomic E-state index is 0.539. The van der Waals surface area contributed by atoms with E-state index in [-0.39, 0.29) is 0 Å². The van der Waals surface area contributed by atoms with E-state index in [1.165, 1.54) is 11.3 Å². The van der Waals surface area contributed by atoms with Crippen LogP contribution in [0.4, 0.5) is 0 Å². The Labute approximate surface area is 70.2 Å². The van der Waals surface area contributed by atoms with E-state index < -0.39 is 6.10 Å². The van der Waals surface area contributed by atoms with Gasteiger partial charge in [0.2, 0.25) is 0 Å². The van der Waals surface area contributed by atoms with Crippen LogP contribution in [0.3, 0.4) is 0 Å². The third-order valence-corrected chi connectivity index (χ3v) is 2.48. The first-order valence-electron chi connectivity index (χ1n) is 3.36. The lowest BCUT2D eigenvalue weighted by Gasteiger charge is -2.07. The maximum Gasteiger partial charge on any atom is 0.111 e. The molecule has 0 saturated carbocycles. The van der Waals surface area contributed by atoms with Crippen LogP contribution < -0.4 is 0 Å². The molecule has 0 fully saturated rings. The Morgan fingerprint density at radius 3 is 2.82 bits per heavy atom. The van der Waals surface area contributed by atoms with Gasteiger partial charge in [0, 0.05) is 0 Å². The number of aliphatic hydroxyl groups is 1. The highest BCUT2D eigenvalue weighted by atomic mass is 32.1. The van der Waals surface area contributed by atoms with E-state index in [9.17, 15) is 5.11 Å². The van der Waals surface area contributed by atoms with Gasteiger partial charge in [-0.2, -0.15) is 0 Å². The SMILES string of the molecule is C=C(C)C(O)c1scnc1C. The number of rotatable bonds is 2. The lowest BCUT2D eigenvalue weighted by molar-refractivity contribution is 0.219. The molecule has 0 saturated heterocycles. The number of nitrogens with zero attached hydrogens (tertiary/aromatic N) is 1. The van der Waals surface area contributed by atoms with Crippen molar-refractivity contribution in [1.29, 1.82) is 0 Å². The second-order valence-electron chi connectivity index (χ2n) is 2.55. The monoisotopic (exact) mass is 169 g/mol. The minimum atomic E-state index is -0.539. The Morgan fingerprint density at radius 2 is 2.45 bits per heavy atom. The van der Waals surface area contributed by atoms with E-state index >= 15 is 0 Å². The van der Waals surface area contributed by atoms with Crippen LogP contribution in [0.5, 0.6) is 0 Å². The lowest BCUT2D eigenvalue weighted by atomic mass is 10.1. The van der Waals surface area contributed by atoms with Crippen LogP contribution in [0.15, 0.2) is 17.7 Å². The van der Waals surface area contributed by atoms with Gasteiger partial charge in [-0.15, -0.1) is 11.3 Å². The summed E-state index contributed by atoms with van der Waals surface area (Å²) in [6, 6.07) is 0. The highest BCUT2D eigenvalue weighted by molar-refractivity contribution is 7.09. The number of hydrogen-bond donors (Lipinski definition) is 1. The fourth-order valence-corrected chi connectivity index (χ4v) is 1.67. The van der Waals surface area contributed by atoms with Crippen LogP contribution in [0, 0.1) is 6.92 Å². The van der Waals surface area contributed by atoms with Gasteiger partial charge in [-0.3, -0.25) is 0 Å². The quantitative estimate of drug-likeness (QED) is 0.687. The van der Waals surface area contributed by atoms with Gasteiger partial charge < -0.3 is 5.11 Å². The maximum atomic E-state index is 9.54. The normalized spacial score (nSPS) is 13.0. The van der Waals surface area contributed by atoms with E-state index in [2.05, 4.69) is 11.6 Å². The van der Waals surface area contributed by atoms with E-state index in [0.717, 1.165) is 16.1 Å². The van der Waals surface area contributed by atoms with Crippen molar-refractivity contribution >= 4 is 11.3 Å². The number of thiazole rings is 1. The summed E-state index contributed by atoms with van der Waals surface area (Å²) in [5, 5.41) is 9.54. The second-order valence-corrected chi connectivity index (χ2v) is 3.44. The van der Waals surface area contributed by atoms with Crippen molar-refractivity contribution in [2.75, 3.05) is 0 Å². The first-order chi connectivity index (χ1) is 5.13. The van der Waals surface area contributed by atoms with E-state index in [1.54, 1.807) is 5.51 Å². The number of aromatic nitrogens is 1. The molecule has 1 heterocycles. The first-order valence-corrected chi connectivity index (χ1v) is 4.24. The molecule has 0 radical (unpaired) electrons. The van der Waals surface area contributed by atoms with Crippen LogP contribution in [0.1, 0.15) is 23.6 Å². The molecule has 1 N–H and O–H groups in total. The predicted molar refractivity (Wildman–Crippen MR) is 46.6 cm³/mol. The van der Waals surface area contributed by atoms with Gasteiger partial charge in [0.1, 0.15) is 6.10 Å². The van der Waals surface area contributed by atoms with Gasteiger partial charge in [-0.1, -0.05) is 6.58 Å². The molecule has 11 heavy (non-hydrogen) atoms. The van der Waals surface area contributed by atoms with E-state index in [0.29, 0.717) is 0 Å². The molecule has 0 aromatic carbocycles. The van der Waals surface area contributed by atoms with Crippen molar-refractivity contribution in [3.8, 4) is 0 Å². The van der Waals surface area contributed by atoms with E-state index in [4.69, 9.17) is 0 Å². The summed E-state index contributed by atoms with van der Waals surface area (Å²) in [5.41, 5.74) is 3.39. The fourth-order valence-electron chi connectivity index (χ4n) is 0.797. The zero-order valence-corrected chi connectivity index (χ0v) is 7.48. The van der Waals surface area contributed by atoms with Crippen LogP contribution in [-0.2, 0) is 0 Å². The zero-order chi connectivity index (χ0) is 8.43. The van der Waals surface area contributed by atoms with Gasteiger partial charge in [0.05, 0.1) is 16.1 Å². The zero-order valence-electron chi connectivity index (χ0n) is 6.66. The molecule has 0 bridgehead atoms. The summed E-state index contributed by atoms with van der Waals surface area (Å²) >= 11 is 1.46. The van der Waals surface area contributed by atoms with Crippen molar-refractivity contribution < 1.29 is 5.11 Å². The van der Waals surface area contributed by atoms with E-state index in [1.807, 2.05) is 13.8 Å². The molecule has 3 heteroatoms. The highest BCUT2D eigenvalue weighted by Crippen LogP contribution is 2.25. The first kappa shape index (κ1) is 8.43. The molecule has 0 aliphatic heterocycles. The van der Waals surface area contributed by atoms with Gasteiger partial charge in [0.25, 0.3) is 0 Å². The Bertz CT molecular complexity index is 267. The Balaban J connectivity index is 2.92. The molecule has 1 aromatic rings. The highest BCUT2D eigenvalue weighted by Gasteiger charge is 2.12. The summed E-state index contributed by atoms with van der Waals surface area (Å²) < 4.78 is 0. The van der Waals surface area contributed by atoms with Crippen LogP contribution in [-0.4, -0.2) is 10.1 Å². The molecule has 2 nitrogen and oxygen atoms in total. The Hall–Kier alpha value is -0.670. The van der Waals surface area contributed by atoms with Gasteiger partial charge in [-0.25, -0.2) is 4.98 Å². The van der Waals surface area contributed by atoms with Crippen molar-refractivity contribution in [3.05, 3.63) is 28.2 Å². The lowest BCUT2D eigenvalue weighted by Crippen LogP contribution is -1.96. The molecular formula is C8H11NOS. The Kier molecular flexibility index (Phi) is 2.42. The largest absolute Gasteiger partial charge is 0.383 e. The minimum Gasteiger partial charge on any atom is -0.383 e. The topological polar surface area (TPSA) is 33.1 Å². The average molecular weight is 169 g/mol. The smallest absolute Gasteiger partial charge is 0.111 e. The Morgan fingerprint density at radius 1 is 1.82 bits per heavy atom. The third-order valence-electron chi connectivity index (χ3n) is 1.50. The standard InChI is InChI=1S/C8H11NOS/c1-5(2)7(10)8-6(3)9-4-11-8/h4,7,10H,1H2,2-3H3. The molecule has 60 valence electrons. The summed E-state index contributed by atoms with van der Waals surface area (Å²) in [6.45, 7) is 7.38. The number of aryl methyl sites for hydroxylation is 1. The van der Waals surface area contributed by atoms with Crippen LogP contribution in [0.25, 0.3) is 0 Å². The summed E-state index contributed by atoms with van der Waals surface area (Å²) in [6.07, 6.45) is -0.539. The predicted octanol–water partition coefficient (Wildman–Crippen LogP) is 2.06. The molecule has 1 atom stereocenters. The molecular weight excluding hydrogens is 158 g/mol. The number of aliphatic hydroxyl groups excluding tert-OH is 1. The summed E-state index contributed by atoms with van der Waals surface area (Å²) in [5.74, 6) is 0. The van der Waals surface area contributed by atoms with Crippen LogP contribution >= 0.6 is 11.3 Å². The molecule has 1 rings (SSSR count). The summed E-state index contributed by atoms with van der Waals surface area (Å²) in [4.78, 5) is 4.94. The molecule has 1 unspecified atom stereocenters. The van der Waals surface area contributed by atoms with Gasteiger partial charge in [-0.05, 0) is 19.4 Å².